The minimum atomic E-state index is 0.412. The molecule has 3 rings (SSSR count). The zero-order valence-corrected chi connectivity index (χ0v) is 11.8. The summed E-state index contributed by atoms with van der Waals surface area (Å²) in [4.78, 5) is 1.45. The Morgan fingerprint density at radius 1 is 1.16 bits per heavy atom. The Kier molecular flexibility index (Phi) is 3.97. The van der Waals surface area contributed by atoms with Gasteiger partial charge in [-0.15, -0.1) is 11.3 Å². The Bertz CT molecular complexity index is 496. The van der Waals surface area contributed by atoms with Crippen LogP contribution in [-0.4, -0.2) is 6.04 Å². The average Bonchev–Trinajstić information content (AvgIpc) is 3.08. The zero-order chi connectivity index (χ0) is 13.1. The van der Waals surface area contributed by atoms with Crippen LogP contribution >= 0.6 is 11.3 Å². The molecule has 100 valence electrons. The van der Waals surface area contributed by atoms with E-state index < -0.39 is 0 Å². The van der Waals surface area contributed by atoms with E-state index in [0.29, 0.717) is 12.0 Å². The summed E-state index contributed by atoms with van der Waals surface area (Å²) in [6.45, 7) is 0. The summed E-state index contributed by atoms with van der Waals surface area (Å²) < 4.78 is 0. The number of thiophene rings is 1. The Morgan fingerprint density at radius 3 is 2.47 bits per heavy atom. The highest BCUT2D eigenvalue weighted by Gasteiger charge is 2.27. The molecule has 1 unspecified atom stereocenters. The van der Waals surface area contributed by atoms with E-state index in [1.54, 1.807) is 0 Å². The van der Waals surface area contributed by atoms with E-state index in [1.807, 2.05) is 11.3 Å². The van der Waals surface area contributed by atoms with E-state index in [4.69, 9.17) is 5.84 Å². The van der Waals surface area contributed by atoms with E-state index >= 15 is 0 Å². The molecule has 1 aliphatic carbocycles. The first-order valence-corrected chi connectivity index (χ1v) is 7.80. The lowest BCUT2D eigenvalue weighted by Gasteiger charge is -2.22. The highest BCUT2D eigenvalue weighted by Crippen LogP contribution is 2.30. The summed E-state index contributed by atoms with van der Waals surface area (Å²) >= 11 is 1.84. The van der Waals surface area contributed by atoms with Crippen LogP contribution in [0.5, 0.6) is 0 Å². The van der Waals surface area contributed by atoms with Crippen LogP contribution in [0, 0.1) is 5.92 Å². The average molecular weight is 272 g/mol. The van der Waals surface area contributed by atoms with Crippen molar-refractivity contribution in [2.45, 2.75) is 31.7 Å². The van der Waals surface area contributed by atoms with Crippen LogP contribution in [0.25, 0.3) is 0 Å². The molecule has 0 fully saturated rings. The van der Waals surface area contributed by atoms with Crippen molar-refractivity contribution in [3.8, 4) is 0 Å². The van der Waals surface area contributed by atoms with Crippen molar-refractivity contribution in [2.24, 2.45) is 11.8 Å². The Morgan fingerprint density at radius 2 is 1.89 bits per heavy atom. The number of benzene rings is 1. The molecule has 1 aromatic heterocycles. The van der Waals surface area contributed by atoms with Crippen LogP contribution in [0.4, 0.5) is 0 Å². The van der Waals surface area contributed by atoms with Crippen LogP contribution in [0.15, 0.2) is 41.8 Å². The van der Waals surface area contributed by atoms with E-state index in [1.165, 1.54) is 16.0 Å². The third-order valence-electron chi connectivity index (χ3n) is 4.15. The first kappa shape index (κ1) is 12.9. The predicted octanol–water partition coefficient (Wildman–Crippen LogP) is 2.93. The number of fused-ring (bicyclic) bond motifs is 1. The van der Waals surface area contributed by atoms with Crippen molar-refractivity contribution in [3.05, 3.63) is 57.8 Å². The van der Waals surface area contributed by atoms with Crippen LogP contribution in [0.2, 0.25) is 0 Å². The summed E-state index contributed by atoms with van der Waals surface area (Å²) in [6, 6.07) is 13.5. The quantitative estimate of drug-likeness (QED) is 0.649. The number of hydrogen-bond acceptors (Lipinski definition) is 3. The van der Waals surface area contributed by atoms with Gasteiger partial charge in [0.05, 0.1) is 0 Å². The largest absolute Gasteiger partial charge is 0.271 e. The van der Waals surface area contributed by atoms with Gasteiger partial charge in [-0.2, -0.15) is 0 Å². The molecule has 1 aliphatic rings. The number of aryl methyl sites for hydroxylation is 1. The second kappa shape index (κ2) is 5.87. The second-order valence-corrected chi connectivity index (χ2v) is 6.36. The van der Waals surface area contributed by atoms with E-state index in [2.05, 4.69) is 47.2 Å². The fraction of sp³-hybridized carbons (Fsp3) is 0.375. The lowest BCUT2D eigenvalue weighted by molar-refractivity contribution is 0.350. The van der Waals surface area contributed by atoms with E-state index in [9.17, 15) is 0 Å². The van der Waals surface area contributed by atoms with Crippen LogP contribution in [0.1, 0.15) is 22.4 Å². The molecular formula is C16H20N2S. The van der Waals surface area contributed by atoms with Crippen molar-refractivity contribution in [2.75, 3.05) is 0 Å². The van der Waals surface area contributed by atoms with Crippen LogP contribution in [0.3, 0.4) is 0 Å². The molecule has 1 atom stereocenters. The number of hydrazine groups is 1. The van der Waals surface area contributed by atoms with Crippen molar-refractivity contribution in [1.29, 1.82) is 0 Å². The lowest BCUT2D eigenvalue weighted by atomic mass is 9.93. The molecule has 19 heavy (non-hydrogen) atoms. The van der Waals surface area contributed by atoms with Gasteiger partial charge in [0.15, 0.2) is 0 Å². The fourth-order valence-corrected chi connectivity index (χ4v) is 3.81. The number of nitrogens with one attached hydrogen (secondary N) is 1. The Hall–Kier alpha value is -1.16. The molecule has 2 nitrogen and oxygen atoms in total. The van der Waals surface area contributed by atoms with Gasteiger partial charge < -0.3 is 0 Å². The molecule has 0 aliphatic heterocycles. The summed E-state index contributed by atoms with van der Waals surface area (Å²) in [5.74, 6) is 6.42. The predicted molar refractivity (Wildman–Crippen MR) is 81.1 cm³/mol. The third kappa shape index (κ3) is 2.89. The van der Waals surface area contributed by atoms with Gasteiger partial charge >= 0.3 is 0 Å². The minimum absolute atomic E-state index is 0.412. The van der Waals surface area contributed by atoms with Gasteiger partial charge in [-0.25, -0.2) is 0 Å². The lowest BCUT2D eigenvalue weighted by Crippen LogP contribution is -2.41. The molecule has 1 aromatic carbocycles. The monoisotopic (exact) mass is 272 g/mol. The topological polar surface area (TPSA) is 38.0 Å². The summed E-state index contributed by atoms with van der Waals surface area (Å²) in [5.41, 5.74) is 6.05. The second-order valence-electron chi connectivity index (χ2n) is 5.33. The van der Waals surface area contributed by atoms with Gasteiger partial charge in [0.25, 0.3) is 0 Å². The van der Waals surface area contributed by atoms with Gasteiger partial charge in [0.2, 0.25) is 0 Å². The van der Waals surface area contributed by atoms with Gasteiger partial charge in [-0.3, -0.25) is 11.3 Å². The molecule has 0 radical (unpaired) electrons. The normalized spacial score (nSPS) is 16.5. The molecule has 0 bridgehead atoms. The maximum atomic E-state index is 5.78. The van der Waals surface area contributed by atoms with Gasteiger partial charge in [-0.05, 0) is 54.2 Å². The first-order valence-electron chi connectivity index (χ1n) is 6.92. The van der Waals surface area contributed by atoms with Crippen LogP contribution in [-0.2, 0) is 19.3 Å². The highest BCUT2D eigenvalue weighted by molar-refractivity contribution is 7.09. The Balaban J connectivity index is 1.61. The molecule has 0 saturated carbocycles. The molecule has 0 amide bonds. The molecule has 0 saturated heterocycles. The number of nitrogens with two attached hydrogens (primary N) is 1. The molecule has 3 heteroatoms. The number of rotatable bonds is 5. The summed E-state index contributed by atoms with van der Waals surface area (Å²) in [5, 5.41) is 2.14. The van der Waals surface area contributed by atoms with Crippen LogP contribution < -0.4 is 11.3 Å². The maximum Gasteiger partial charge on any atom is 0.0248 e. The zero-order valence-electron chi connectivity index (χ0n) is 11.0. The third-order valence-corrected chi connectivity index (χ3v) is 5.08. The molecule has 2 aromatic rings. The van der Waals surface area contributed by atoms with Crippen molar-refractivity contribution < 1.29 is 0 Å². The van der Waals surface area contributed by atoms with Crippen molar-refractivity contribution >= 4 is 11.3 Å². The van der Waals surface area contributed by atoms with E-state index in [0.717, 1.165) is 25.7 Å². The first-order chi connectivity index (χ1) is 9.36. The summed E-state index contributed by atoms with van der Waals surface area (Å²) in [6.07, 6.45) is 4.57. The Labute approximate surface area is 118 Å². The minimum Gasteiger partial charge on any atom is -0.271 e. The molecule has 3 N–H and O–H groups in total. The molecule has 0 spiro atoms. The highest BCUT2D eigenvalue weighted by atomic mass is 32.1. The van der Waals surface area contributed by atoms with Crippen molar-refractivity contribution in [1.82, 2.24) is 5.43 Å². The standard InChI is InChI=1S/C16H20N2S/c17-18-16(8-7-15-6-3-9-19-15)14-10-12-4-1-2-5-13(12)11-14/h1-6,9,14,16,18H,7-8,10-11,17H2. The molecular weight excluding hydrogens is 252 g/mol. The fourth-order valence-electron chi connectivity index (χ4n) is 3.09. The number of hydrogen-bond donors (Lipinski definition) is 2. The SMILES string of the molecule is NNC(CCc1cccs1)C1Cc2ccccc2C1. The molecule has 1 heterocycles. The van der Waals surface area contributed by atoms with Gasteiger partial charge in [-0.1, -0.05) is 30.3 Å². The van der Waals surface area contributed by atoms with Gasteiger partial charge in [0, 0.05) is 10.9 Å². The smallest absolute Gasteiger partial charge is 0.0248 e. The van der Waals surface area contributed by atoms with Crippen molar-refractivity contribution in [3.63, 3.8) is 0 Å². The van der Waals surface area contributed by atoms with E-state index in [-0.39, 0.29) is 0 Å². The summed E-state index contributed by atoms with van der Waals surface area (Å²) in [7, 11) is 0. The maximum absolute atomic E-state index is 5.78. The van der Waals surface area contributed by atoms with Gasteiger partial charge in [0.1, 0.15) is 0 Å².